The van der Waals surface area contributed by atoms with Crippen LogP contribution in [0.2, 0.25) is 0 Å². The van der Waals surface area contributed by atoms with Gasteiger partial charge in [0, 0.05) is 32.8 Å². The molecule has 5 nitrogen and oxygen atoms in total. The summed E-state index contributed by atoms with van der Waals surface area (Å²) in [5, 5.41) is 0. The van der Waals surface area contributed by atoms with E-state index in [9.17, 15) is 0 Å². The van der Waals surface area contributed by atoms with Crippen molar-refractivity contribution in [3.05, 3.63) is 27.3 Å². The zero-order valence-corrected chi connectivity index (χ0v) is 13.5. The van der Waals surface area contributed by atoms with E-state index in [1.54, 1.807) is 7.11 Å². The molecule has 1 radical (unpaired) electrons. The molecular formula is C9H11AgIO5S-2. The van der Waals surface area contributed by atoms with Gasteiger partial charge in [-0.25, -0.2) is 0 Å². The number of rotatable bonds is 2. The number of methoxy groups -OCH3 is 1. The van der Waals surface area contributed by atoms with Gasteiger partial charge in [0.15, 0.2) is 0 Å². The van der Waals surface area contributed by atoms with Crippen LogP contribution in [0.3, 0.4) is 0 Å². The molecule has 0 aliphatic carbocycles. The Kier molecular flexibility index (Phi) is 10.8. The molecule has 103 valence electrons. The SMILES string of the molecule is CCc1ccc(OC)c(I)c1.O=S(=O)([O-])[O-].[Ag]. The molecule has 0 aliphatic rings. The summed E-state index contributed by atoms with van der Waals surface area (Å²) < 4.78 is 40.4. The van der Waals surface area contributed by atoms with Crippen molar-refractivity contribution >= 4 is 33.0 Å². The van der Waals surface area contributed by atoms with Gasteiger partial charge < -0.3 is 13.8 Å². The van der Waals surface area contributed by atoms with E-state index in [0.29, 0.717) is 0 Å². The molecule has 1 rings (SSSR count). The Balaban J connectivity index is 0. The average Bonchev–Trinajstić information content (AvgIpc) is 2.15. The van der Waals surface area contributed by atoms with Crippen LogP contribution in [0.5, 0.6) is 5.75 Å². The fourth-order valence-corrected chi connectivity index (χ4v) is 1.73. The van der Waals surface area contributed by atoms with Gasteiger partial charge in [-0.3, -0.25) is 8.42 Å². The number of benzene rings is 1. The van der Waals surface area contributed by atoms with E-state index in [1.807, 2.05) is 6.07 Å². The zero-order chi connectivity index (χ0) is 12.8. The third kappa shape index (κ3) is 11.2. The van der Waals surface area contributed by atoms with Gasteiger partial charge in [-0.2, -0.15) is 0 Å². The molecule has 0 heterocycles. The molecule has 0 atom stereocenters. The van der Waals surface area contributed by atoms with Crippen molar-refractivity contribution in [2.75, 3.05) is 7.11 Å². The average molecular weight is 466 g/mol. The molecule has 0 unspecified atom stereocenters. The van der Waals surface area contributed by atoms with Crippen LogP contribution in [0, 0.1) is 3.57 Å². The topological polar surface area (TPSA) is 89.5 Å². The fourth-order valence-electron chi connectivity index (χ4n) is 0.930. The summed E-state index contributed by atoms with van der Waals surface area (Å²) >= 11 is 2.28. The van der Waals surface area contributed by atoms with Crippen molar-refractivity contribution in [3.8, 4) is 5.75 Å². The van der Waals surface area contributed by atoms with Crippen molar-refractivity contribution in [1.82, 2.24) is 0 Å². The van der Waals surface area contributed by atoms with Crippen LogP contribution >= 0.6 is 22.6 Å². The summed E-state index contributed by atoms with van der Waals surface area (Å²) in [4.78, 5) is 0. The predicted octanol–water partition coefficient (Wildman–Crippen LogP) is 1.52. The summed E-state index contributed by atoms with van der Waals surface area (Å²) in [6.45, 7) is 2.15. The summed E-state index contributed by atoms with van der Waals surface area (Å²) in [7, 11) is -3.47. The maximum Gasteiger partial charge on any atom is 0.132 e. The first kappa shape index (κ1) is 19.7. The van der Waals surface area contributed by atoms with Gasteiger partial charge in [-0.15, -0.1) is 0 Å². The van der Waals surface area contributed by atoms with Gasteiger partial charge in [0.1, 0.15) is 5.75 Å². The Morgan fingerprint density at radius 1 is 1.35 bits per heavy atom. The molecule has 0 amide bonds. The van der Waals surface area contributed by atoms with Crippen LogP contribution in [0.1, 0.15) is 12.5 Å². The zero-order valence-electron chi connectivity index (χ0n) is 9.07. The fraction of sp³-hybridized carbons (Fsp3) is 0.333. The minimum atomic E-state index is -5.17. The maximum absolute atomic E-state index is 8.52. The first-order valence-corrected chi connectivity index (χ1v) is 6.68. The van der Waals surface area contributed by atoms with Gasteiger partial charge in [0.25, 0.3) is 0 Å². The van der Waals surface area contributed by atoms with Gasteiger partial charge in [0.05, 0.1) is 10.7 Å². The molecule has 0 bridgehead atoms. The first-order valence-electron chi connectivity index (χ1n) is 4.27. The van der Waals surface area contributed by atoms with Crippen molar-refractivity contribution in [2.45, 2.75) is 13.3 Å². The number of halogens is 1. The standard InChI is InChI=1S/C9H11IO.Ag.H2O4S/c1-3-7-4-5-9(11-2)8(10)6-7;;1-5(2,3)4/h4-6H,3H2,1-2H3;;(H2,1,2,3,4)/p-2. The van der Waals surface area contributed by atoms with Crippen LogP contribution < -0.4 is 4.74 Å². The van der Waals surface area contributed by atoms with Gasteiger partial charge in [-0.1, -0.05) is 13.0 Å². The van der Waals surface area contributed by atoms with Crippen molar-refractivity contribution in [3.63, 3.8) is 0 Å². The van der Waals surface area contributed by atoms with E-state index in [0.717, 1.165) is 12.2 Å². The molecule has 8 heteroatoms. The third-order valence-corrected chi connectivity index (χ3v) is 2.47. The van der Waals surface area contributed by atoms with E-state index in [2.05, 4.69) is 41.6 Å². The Morgan fingerprint density at radius 3 is 2.12 bits per heavy atom. The second kappa shape index (κ2) is 9.31. The number of aryl methyl sites for hydroxylation is 1. The van der Waals surface area contributed by atoms with Crippen LogP contribution in [-0.2, 0) is 39.2 Å². The number of hydrogen-bond donors (Lipinski definition) is 0. The molecule has 1 aromatic carbocycles. The molecule has 17 heavy (non-hydrogen) atoms. The number of hydrogen-bond acceptors (Lipinski definition) is 5. The molecule has 0 spiro atoms. The second-order valence-electron chi connectivity index (χ2n) is 2.73. The van der Waals surface area contributed by atoms with E-state index >= 15 is 0 Å². The molecule has 0 aromatic heterocycles. The Bertz CT molecular complexity index is 427. The Morgan fingerprint density at radius 2 is 1.82 bits per heavy atom. The van der Waals surface area contributed by atoms with Crippen LogP contribution in [-0.4, -0.2) is 24.6 Å². The van der Waals surface area contributed by atoms with Crippen molar-refractivity contribution < 1.29 is 44.6 Å². The summed E-state index contributed by atoms with van der Waals surface area (Å²) in [6.07, 6.45) is 1.08. The van der Waals surface area contributed by atoms with Crippen molar-refractivity contribution in [2.24, 2.45) is 0 Å². The van der Waals surface area contributed by atoms with Gasteiger partial charge >= 0.3 is 0 Å². The maximum atomic E-state index is 8.52. The minimum Gasteiger partial charge on any atom is -0.759 e. The molecule has 1 aromatic rings. The van der Waals surface area contributed by atoms with E-state index in [4.69, 9.17) is 22.3 Å². The van der Waals surface area contributed by atoms with Gasteiger partial charge in [-0.05, 0) is 46.7 Å². The third-order valence-electron chi connectivity index (χ3n) is 1.62. The van der Waals surface area contributed by atoms with E-state index in [-0.39, 0.29) is 22.4 Å². The van der Waals surface area contributed by atoms with Crippen LogP contribution in [0.25, 0.3) is 0 Å². The summed E-state index contributed by atoms with van der Waals surface area (Å²) in [5.41, 5.74) is 1.36. The molecular weight excluding hydrogens is 455 g/mol. The van der Waals surface area contributed by atoms with Crippen LogP contribution in [0.4, 0.5) is 0 Å². The Labute approximate surface area is 130 Å². The second-order valence-corrected chi connectivity index (χ2v) is 4.71. The smallest absolute Gasteiger partial charge is 0.132 e. The predicted molar refractivity (Wildman–Crippen MR) is 65.6 cm³/mol. The molecule has 0 N–H and O–H groups in total. The molecule has 0 saturated heterocycles. The normalized spacial score (nSPS) is 9.71. The number of ether oxygens (including phenoxy) is 1. The van der Waals surface area contributed by atoms with Crippen LogP contribution in [0.15, 0.2) is 18.2 Å². The molecule has 0 saturated carbocycles. The Hall–Kier alpha value is 0.360. The molecule has 0 aliphatic heterocycles. The van der Waals surface area contributed by atoms with Gasteiger partial charge in [0.2, 0.25) is 0 Å². The minimum absolute atomic E-state index is 0. The monoisotopic (exact) mass is 465 g/mol. The van der Waals surface area contributed by atoms with Crippen molar-refractivity contribution in [1.29, 1.82) is 0 Å². The summed E-state index contributed by atoms with van der Waals surface area (Å²) in [6, 6.07) is 6.26. The largest absolute Gasteiger partial charge is 0.759 e. The first-order chi connectivity index (χ1) is 7.27. The van der Waals surface area contributed by atoms with E-state index in [1.165, 1.54) is 9.13 Å². The quantitative estimate of drug-likeness (QED) is 0.286. The van der Waals surface area contributed by atoms with E-state index < -0.39 is 10.4 Å². The molecule has 0 fully saturated rings. The summed E-state index contributed by atoms with van der Waals surface area (Å²) in [5.74, 6) is 0.961.